The summed E-state index contributed by atoms with van der Waals surface area (Å²) in [5.41, 5.74) is 5.24. The summed E-state index contributed by atoms with van der Waals surface area (Å²) in [6.45, 7) is 12.1. The van der Waals surface area contributed by atoms with Gasteiger partial charge in [-0.15, -0.1) is 0 Å². The van der Waals surface area contributed by atoms with Crippen LogP contribution in [0.1, 0.15) is 31.1 Å². The third-order valence-electron chi connectivity index (χ3n) is 2.94. The van der Waals surface area contributed by atoms with E-state index >= 15 is 0 Å². The molecule has 3 nitrogen and oxygen atoms in total. The zero-order chi connectivity index (χ0) is 13.3. The van der Waals surface area contributed by atoms with E-state index in [-0.39, 0.29) is 0 Å². The van der Waals surface area contributed by atoms with Crippen LogP contribution in [-0.4, -0.2) is 9.55 Å². The highest BCUT2D eigenvalue weighted by molar-refractivity contribution is 5.84. The molecule has 0 radical (unpaired) electrons. The van der Waals surface area contributed by atoms with Crippen LogP contribution in [0, 0.1) is 13.8 Å². The van der Waals surface area contributed by atoms with Gasteiger partial charge in [-0.2, -0.15) is 0 Å². The zero-order valence-corrected chi connectivity index (χ0v) is 11.4. The number of hydrogen-bond acceptors (Lipinski definition) is 2. The van der Waals surface area contributed by atoms with Gasteiger partial charge in [-0.25, -0.2) is 4.98 Å². The van der Waals surface area contributed by atoms with Gasteiger partial charge < -0.3 is 5.32 Å². The Bertz CT molecular complexity index is 594. The first-order valence-corrected chi connectivity index (χ1v) is 6.30. The summed E-state index contributed by atoms with van der Waals surface area (Å²) in [5, 5.41) is 3.31. The molecule has 0 atom stereocenters. The highest BCUT2D eigenvalue weighted by Crippen LogP contribution is 2.34. The van der Waals surface area contributed by atoms with Gasteiger partial charge in [0.15, 0.2) is 0 Å². The number of nitrogens with zero attached hydrogens (tertiary/aromatic N) is 2. The molecular formula is C15H19N3. The molecule has 0 saturated carbocycles. The van der Waals surface area contributed by atoms with Crippen LogP contribution in [0.15, 0.2) is 30.8 Å². The lowest BCUT2D eigenvalue weighted by atomic mass is 10.1. The van der Waals surface area contributed by atoms with Gasteiger partial charge in [-0.05, 0) is 26.0 Å². The number of imidazole rings is 1. The molecule has 0 unspecified atom stereocenters. The second kappa shape index (κ2) is 4.69. The zero-order valence-electron chi connectivity index (χ0n) is 11.4. The summed E-state index contributed by atoms with van der Waals surface area (Å²) in [7, 11) is 0. The molecule has 0 bridgehead atoms. The van der Waals surface area contributed by atoms with Crippen molar-refractivity contribution in [2.24, 2.45) is 0 Å². The summed E-state index contributed by atoms with van der Waals surface area (Å²) < 4.78 is 2.16. The Labute approximate surface area is 108 Å². The number of nitrogens with one attached hydrogen (secondary N) is 1. The van der Waals surface area contributed by atoms with Crippen molar-refractivity contribution in [1.82, 2.24) is 9.55 Å². The molecule has 0 saturated heterocycles. The van der Waals surface area contributed by atoms with Gasteiger partial charge in [0, 0.05) is 0 Å². The number of para-hydroxylation sites is 2. The van der Waals surface area contributed by atoms with E-state index < -0.39 is 0 Å². The van der Waals surface area contributed by atoms with E-state index in [1.165, 1.54) is 0 Å². The summed E-state index contributed by atoms with van der Waals surface area (Å²) in [6.07, 6.45) is 0. The van der Waals surface area contributed by atoms with Crippen molar-refractivity contribution in [1.29, 1.82) is 0 Å². The molecule has 1 aliphatic heterocycles. The number of rotatable bonds is 0. The normalized spacial score (nSPS) is 11.9. The van der Waals surface area contributed by atoms with E-state index in [1.807, 2.05) is 39.8 Å². The van der Waals surface area contributed by atoms with E-state index in [9.17, 15) is 0 Å². The maximum atomic E-state index is 4.50. The predicted octanol–water partition coefficient (Wildman–Crippen LogP) is 3.91. The van der Waals surface area contributed by atoms with Crippen LogP contribution >= 0.6 is 0 Å². The number of benzene rings is 1. The van der Waals surface area contributed by atoms with Crippen molar-refractivity contribution >= 4 is 11.4 Å². The van der Waals surface area contributed by atoms with Gasteiger partial charge in [0.05, 0.1) is 28.5 Å². The van der Waals surface area contributed by atoms with Crippen molar-refractivity contribution < 1.29 is 0 Å². The van der Waals surface area contributed by atoms with Crippen LogP contribution in [-0.2, 0) is 0 Å². The fourth-order valence-corrected chi connectivity index (χ4v) is 2.31. The van der Waals surface area contributed by atoms with Crippen molar-refractivity contribution in [3.63, 3.8) is 0 Å². The number of aryl methyl sites for hydroxylation is 2. The van der Waals surface area contributed by atoms with Gasteiger partial charge in [-0.1, -0.05) is 32.6 Å². The highest BCUT2D eigenvalue weighted by Gasteiger charge is 2.22. The molecule has 0 spiro atoms. The van der Waals surface area contributed by atoms with Crippen LogP contribution in [0.2, 0.25) is 0 Å². The first-order chi connectivity index (χ1) is 8.68. The Balaban J connectivity index is 0.000000574. The standard InChI is InChI=1S/C13H13N3.C2H6/c1-8-13-9(2)15-11-6-4-5-7-12(11)16(13)10(3)14-8;1-2/h4-7,15H,2H2,1,3H3;1-2H3. The van der Waals surface area contributed by atoms with Gasteiger partial charge in [-0.3, -0.25) is 4.57 Å². The van der Waals surface area contributed by atoms with Gasteiger partial charge in [0.1, 0.15) is 5.82 Å². The number of aromatic nitrogens is 2. The Morgan fingerprint density at radius 1 is 1.17 bits per heavy atom. The topological polar surface area (TPSA) is 29.9 Å². The Morgan fingerprint density at radius 2 is 1.83 bits per heavy atom. The molecule has 3 rings (SSSR count). The molecule has 94 valence electrons. The third-order valence-corrected chi connectivity index (χ3v) is 2.94. The fourth-order valence-electron chi connectivity index (χ4n) is 2.31. The van der Waals surface area contributed by atoms with E-state index in [4.69, 9.17) is 0 Å². The van der Waals surface area contributed by atoms with Crippen LogP contribution in [0.3, 0.4) is 0 Å². The minimum Gasteiger partial charge on any atom is -0.353 e. The van der Waals surface area contributed by atoms with Crippen molar-refractivity contribution in [3.05, 3.63) is 48.1 Å². The average molecular weight is 241 g/mol. The first-order valence-electron chi connectivity index (χ1n) is 6.30. The third kappa shape index (κ3) is 1.72. The Kier molecular flexibility index (Phi) is 3.24. The van der Waals surface area contributed by atoms with Gasteiger partial charge >= 0.3 is 0 Å². The molecule has 0 amide bonds. The molecule has 18 heavy (non-hydrogen) atoms. The van der Waals surface area contributed by atoms with Crippen molar-refractivity contribution in [2.75, 3.05) is 5.32 Å². The second-order valence-electron chi connectivity index (χ2n) is 4.05. The molecule has 0 aliphatic carbocycles. The SMILES string of the molecule is C=C1Nc2ccccc2-n2c(C)nc(C)c21.CC. The lowest BCUT2D eigenvalue weighted by Crippen LogP contribution is -2.14. The molecule has 0 fully saturated rings. The Morgan fingerprint density at radius 3 is 2.56 bits per heavy atom. The van der Waals surface area contributed by atoms with Crippen molar-refractivity contribution in [2.45, 2.75) is 27.7 Å². The monoisotopic (exact) mass is 241 g/mol. The molecule has 1 aromatic carbocycles. The summed E-state index contributed by atoms with van der Waals surface area (Å²) >= 11 is 0. The van der Waals surface area contributed by atoms with Gasteiger partial charge in [0.25, 0.3) is 0 Å². The second-order valence-corrected chi connectivity index (χ2v) is 4.05. The highest BCUT2D eigenvalue weighted by atomic mass is 15.2. The smallest absolute Gasteiger partial charge is 0.111 e. The van der Waals surface area contributed by atoms with E-state index in [0.29, 0.717) is 0 Å². The molecule has 1 N–H and O–H groups in total. The molecule has 2 heterocycles. The molecule has 3 heteroatoms. The van der Waals surface area contributed by atoms with E-state index in [0.717, 1.165) is 34.3 Å². The maximum Gasteiger partial charge on any atom is 0.111 e. The van der Waals surface area contributed by atoms with E-state index in [2.05, 4.69) is 33.6 Å². The molecular weight excluding hydrogens is 222 g/mol. The van der Waals surface area contributed by atoms with E-state index in [1.54, 1.807) is 0 Å². The maximum absolute atomic E-state index is 4.50. The number of anilines is 1. The first kappa shape index (κ1) is 12.4. The minimum atomic E-state index is 0.914. The summed E-state index contributed by atoms with van der Waals surface area (Å²) in [4.78, 5) is 4.50. The van der Waals surface area contributed by atoms with Crippen LogP contribution in [0.25, 0.3) is 11.4 Å². The van der Waals surface area contributed by atoms with Crippen molar-refractivity contribution in [3.8, 4) is 5.69 Å². The lowest BCUT2D eigenvalue weighted by Gasteiger charge is -2.23. The predicted molar refractivity (Wildman–Crippen MR) is 77.0 cm³/mol. The summed E-state index contributed by atoms with van der Waals surface area (Å²) in [5.74, 6) is 1.00. The molecule has 1 aromatic heterocycles. The fraction of sp³-hybridized carbons (Fsp3) is 0.267. The van der Waals surface area contributed by atoms with Crippen LogP contribution in [0.5, 0.6) is 0 Å². The van der Waals surface area contributed by atoms with Crippen LogP contribution < -0.4 is 5.32 Å². The summed E-state index contributed by atoms with van der Waals surface area (Å²) in [6, 6.07) is 8.20. The van der Waals surface area contributed by atoms with Gasteiger partial charge in [0.2, 0.25) is 0 Å². The quantitative estimate of drug-likeness (QED) is 0.757. The Hall–Kier alpha value is -2.03. The molecule has 1 aliphatic rings. The number of fused-ring (bicyclic) bond motifs is 3. The average Bonchev–Trinajstić information content (AvgIpc) is 2.68. The minimum absolute atomic E-state index is 0.914. The molecule has 2 aromatic rings. The van der Waals surface area contributed by atoms with Crippen LogP contribution in [0.4, 0.5) is 5.69 Å². The largest absolute Gasteiger partial charge is 0.353 e. The lowest BCUT2D eigenvalue weighted by molar-refractivity contribution is 0.953. The number of hydrogen-bond donors (Lipinski definition) is 1.